The summed E-state index contributed by atoms with van der Waals surface area (Å²) in [5.74, 6) is 0.00677. The van der Waals surface area contributed by atoms with Crippen molar-refractivity contribution in [2.45, 2.75) is 12.8 Å². The average Bonchev–Trinajstić information content (AvgIpc) is 2.93. The Kier molecular flexibility index (Phi) is 3.60. The van der Waals surface area contributed by atoms with E-state index >= 15 is 0 Å². The van der Waals surface area contributed by atoms with Crippen LogP contribution in [-0.4, -0.2) is 10.9 Å². The predicted molar refractivity (Wildman–Crippen MR) is 86.1 cm³/mol. The number of carbonyl (C=O) groups excluding carboxylic acids is 1. The second-order valence-corrected chi connectivity index (χ2v) is 5.07. The summed E-state index contributed by atoms with van der Waals surface area (Å²) in [6.07, 6.45) is 3.01. The van der Waals surface area contributed by atoms with Gasteiger partial charge in [0.25, 0.3) is 0 Å². The van der Waals surface area contributed by atoms with Crippen LogP contribution in [-0.2, 0) is 11.2 Å². The van der Waals surface area contributed by atoms with E-state index in [0.717, 1.165) is 27.8 Å². The van der Waals surface area contributed by atoms with Gasteiger partial charge in [0.15, 0.2) is 0 Å². The minimum Gasteiger partial charge on any atom is -0.399 e. The highest BCUT2D eigenvalue weighted by Crippen LogP contribution is 2.18. The highest BCUT2D eigenvalue weighted by Gasteiger charge is 2.04. The van der Waals surface area contributed by atoms with E-state index in [1.54, 1.807) is 0 Å². The van der Waals surface area contributed by atoms with Crippen LogP contribution in [0.2, 0.25) is 0 Å². The highest BCUT2D eigenvalue weighted by molar-refractivity contribution is 5.93. The molecule has 4 nitrogen and oxygen atoms in total. The third-order valence-corrected chi connectivity index (χ3v) is 3.43. The van der Waals surface area contributed by atoms with Gasteiger partial charge in [-0.2, -0.15) is 0 Å². The number of hydrogen-bond acceptors (Lipinski definition) is 2. The molecule has 0 bridgehead atoms. The fourth-order valence-electron chi connectivity index (χ4n) is 2.36. The molecular formula is C17H17N3O. The number of nitrogens with one attached hydrogen (secondary N) is 2. The minimum absolute atomic E-state index is 0.00677. The first-order valence-corrected chi connectivity index (χ1v) is 6.92. The first-order chi connectivity index (χ1) is 10.2. The molecule has 0 fully saturated rings. The normalized spacial score (nSPS) is 10.7. The molecule has 106 valence electrons. The lowest BCUT2D eigenvalue weighted by atomic mass is 10.1. The van der Waals surface area contributed by atoms with Crippen LogP contribution in [0.25, 0.3) is 10.9 Å². The van der Waals surface area contributed by atoms with Gasteiger partial charge >= 0.3 is 0 Å². The fraction of sp³-hybridized carbons (Fsp3) is 0.118. The summed E-state index contributed by atoms with van der Waals surface area (Å²) in [6.45, 7) is 0. The molecule has 2 aromatic carbocycles. The molecule has 1 heterocycles. The van der Waals surface area contributed by atoms with Crippen LogP contribution < -0.4 is 11.1 Å². The summed E-state index contributed by atoms with van der Waals surface area (Å²) in [6, 6.07) is 15.4. The number of anilines is 2. The molecule has 0 radical (unpaired) electrons. The lowest BCUT2D eigenvalue weighted by Crippen LogP contribution is -2.12. The number of nitrogen functional groups attached to an aromatic ring is 1. The van der Waals surface area contributed by atoms with Crippen molar-refractivity contribution >= 4 is 28.2 Å². The van der Waals surface area contributed by atoms with Crippen LogP contribution in [0.4, 0.5) is 11.4 Å². The van der Waals surface area contributed by atoms with Crippen molar-refractivity contribution in [1.82, 2.24) is 4.98 Å². The van der Waals surface area contributed by atoms with E-state index in [4.69, 9.17) is 5.73 Å². The van der Waals surface area contributed by atoms with Crippen LogP contribution in [0.1, 0.15) is 12.0 Å². The fourth-order valence-corrected chi connectivity index (χ4v) is 2.36. The first kappa shape index (κ1) is 13.2. The summed E-state index contributed by atoms with van der Waals surface area (Å²) in [5, 5.41) is 4.01. The number of aromatic nitrogens is 1. The highest BCUT2D eigenvalue weighted by atomic mass is 16.1. The topological polar surface area (TPSA) is 70.9 Å². The maximum atomic E-state index is 12.0. The van der Waals surface area contributed by atoms with Crippen LogP contribution >= 0.6 is 0 Å². The van der Waals surface area contributed by atoms with Crippen molar-refractivity contribution in [3.8, 4) is 0 Å². The zero-order valence-electron chi connectivity index (χ0n) is 11.6. The molecule has 3 rings (SSSR count). The maximum absolute atomic E-state index is 12.0. The van der Waals surface area contributed by atoms with Gasteiger partial charge in [-0.3, -0.25) is 4.79 Å². The number of hydrogen-bond donors (Lipinski definition) is 3. The third kappa shape index (κ3) is 3.23. The summed E-state index contributed by atoms with van der Waals surface area (Å²) in [7, 11) is 0. The van der Waals surface area contributed by atoms with E-state index in [1.165, 1.54) is 0 Å². The summed E-state index contributed by atoms with van der Waals surface area (Å²) in [5.41, 5.74) is 9.41. The van der Waals surface area contributed by atoms with Gasteiger partial charge < -0.3 is 16.0 Å². The maximum Gasteiger partial charge on any atom is 0.224 e. The number of amides is 1. The number of aryl methyl sites for hydroxylation is 1. The standard InChI is InChI=1S/C17H17N3O/c18-14-3-1-2-12(10-14)4-7-17(21)20-15-5-6-16-13(11-15)8-9-19-16/h1-3,5-6,8-11,19H,4,7,18H2,(H,20,21). The van der Waals surface area contributed by atoms with E-state index in [2.05, 4.69) is 10.3 Å². The molecule has 1 amide bonds. The molecule has 1 aromatic heterocycles. The molecular weight excluding hydrogens is 262 g/mol. The molecule has 0 aliphatic heterocycles. The molecule has 0 saturated heterocycles. The van der Waals surface area contributed by atoms with Crippen molar-refractivity contribution in [3.63, 3.8) is 0 Å². The van der Waals surface area contributed by atoms with Crippen molar-refractivity contribution < 1.29 is 4.79 Å². The molecule has 21 heavy (non-hydrogen) atoms. The van der Waals surface area contributed by atoms with Crippen LogP contribution in [0, 0.1) is 0 Å². The smallest absolute Gasteiger partial charge is 0.224 e. The Hall–Kier alpha value is -2.75. The second kappa shape index (κ2) is 5.71. The third-order valence-electron chi connectivity index (χ3n) is 3.43. The molecule has 4 heteroatoms. The van der Waals surface area contributed by atoms with E-state index in [-0.39, 0.29) is 5.91 Å². The predicted octanol–water partition coefficient (Wildman–Crippen LogP) is 3.32. The Morgan fingerprint density at radius 2 is 2.05 bits per heavy atom. The van der Waals surface area contributed by atoms with Crippen molar-refractivity contribution in [1.29, 1.82) is 0 Å². The Morgan fingerprint density at radius 1 is 1.14 bits per heavy atom. The van der Waals surface area contributed by atoms with Gasteiger partial charge in [-0.25, -0.2) is 0 Å². The van der Waals surface area contributed by atoms with E-state index < -0.39 is 0 Å². The number of aromatic amines is 1. The van der Waals surface area contributed by atoms with Crippen LogP contribution in [0.15, 0.2) is 54.7 Å². The van der Waals surface area contributed by atoms with Gasteiger partial charge in [0.1, 0.15) is 0 Å². The SMILES string of the molecule is Nc1cccc(CCC(=O)Nc2ccc3[nH]ccc3c2)c1. The molecule has 0 unspecified atom stereocenters. The molecule has 0 aliphatic rings. The Balaban J connectivity index is 1.60. The van der Waals surface area contributed by atoms with Crippen molar-refractivity contribution in [2.24, 2.45) is 0 Å². The van der Waals surface area contributed by atoms with Gasteiger partial charge in [-0.15, -0.1) is 0 Å². The van der Waals surface area contributed by atoms with Crippen LogP contribution in [0.3, 0.4) is 0 Å². The molecule has 0 atom stereocenters. The lowest BCUT2D eigenvalue weighted by Gasteiger charge is -2.06. The Labute approximate surface area is 123 Å². The molecule has 0 spiro atoms. The second-order valence-electron chi connectivity index (χ2n) is 5.07. The number of fused-ring (bicyclic) bond motifs is 1. The van der Waals surface area contributed by atoms with Gasteiger partial charge in [0, 0.05) is 34.9 Å². The van der Waals surface area contributed by atoms with Gasteiger partial charge in [-0.05, 0) is 48.4 Å². The van der Waals surface area contributed by atoms with Gasteiger partial charge in [-0.1, -0.05) is 12.1 Å². The number of benzene rings is 2. The number of carbonyl (C=O) groups is 1. The number of rotatable bonds is 4. The van der Waals surface area contributed by atoms with Crippen molar-refractivity contribution in [3.05, 3.63) is 60.3 Å². The van der Waals surface area contributed by atoms with Gasteiger partial charge in [0.05, 0.1) is 0 Å². The molecule has 0 saturated carbocycles. The van der Waals surface area contributed by atoms with Crippen LogP contribution in [0.5, 0.6) is 0 Å². The lowest BCUT2D eigenvalue weighted by molar-refractivity contribution is -0.116. The summed E-state index contributed by atoms with van der Waals surface area (Å²) in [4.78, 5) is 15.1. The van der Waals surface area contributed by atoms with E-state index in [9.17, 15) is 4.79 Å². The number of nitrogens with two attached hydrogens (primary N) is 1. The van der Waals surface area contributed by atoms with E-state index in [0.29, 0.717) is 12.8 Å². The molecule has 4 N–H and O–H groups in total. The number of H-pyrrole nitrogens is 1. The zero-order valence-corrected chi connectivity index (χ0v) is 11.6. The van der Waals surface area contributed by atoms with E-state index in [1.807, 2.05) is 54.7 Å². The molecule has 0 aliphatic carbocycles. The zero-order chi connectivity index (χ0) is 14.7. The van der Waals surface area contributed by atoms with Crippen molar-refractivity contribution in [2.75, 3.05) is 11.1 Å². The Bertz CT molecular complexity index is 776. The Morgan fingerprint density at radius 3 is 2.90 bits per heavy atom. The van der Waals surface area contributed by atoms with Gasteiger partial charge in [0.2, 0.25) is 5.91 Å². The monoisotopic (exact) mass is 279 g/mol. The average molecular weight is 279 g/mol. The minimum atomic E-state index is 0.00677. The quantitative estimate of drug-likeness (QED) is 0.641. The summed E-state index contributed by atoms with van der Waals surface area (Å²) < 4.78 is 0. The largest absolute Gasteiger partial charge is 0.399 e. The first-order valence-electron chi connectivity index (χ1n) is 6.92. The molecule has 3 aromatic rings. The summed E-state index contributed by atoms with van der Waals surface area (Å²) >= 11 is 0.